The highest BCUT2D eigenvalue weighted by molar-refractivity contribution is 14.1. The lowest BCUT2D eigenvalue weighted by Gasteiger charge is -2.12. The average Bonchev–Trinajstić information content (AvgIpc) is 2.40. The van der Waals surface area contributed by atoms with Gasteiger partial charge in [0.2, 0.25) is 0 Å². The van der Waals surface area contributed by atoms with Crippen LogP contribution in [-0.4, -0.2) is 6.29 Å². The third-order valence-corrected chi connectivity index (χ3v) is 3.41. The Bertz CT molecular complexity index is 639. The summed E-state index contributed by atoms with van der Waals surface area (Å²) in [6.45, 7) is 0. The molecule has 0 aromatic heterocycles. The molecule has 0 amide bonds. The van der Waals surface area contributed by atoms with Gasteiger partial charge in [-0.05, 0) is 52.9 Å². The molecule has 0 unspecified atom stereocenters. The Hall–Kier alpha value is -1.57. The lowest BCUT2D eigenvalue weighted by molar-refractivity contribution is -0.137. The minimum absolute atomic E-state index is 0.0343. The SMILES string of the molecule is O=Cc1ccc(Oc2ccccc2I)cc1C(F)(F)F. The van der Waals surface area contributed by atoms with E-state index in [0.29, 0.717) is 5.75 Å². The van der Waals surface area contributed by atoms with Crippen molar-refractivity contribution in [2.24, 2.45) is 0 Å². The smallest absolute Gasteiger partial charge is 0.417 e. The Morgan fingerprint density at radius 3 is 2.40 bits per heavy atom. The number of carbonyl (C=O) groups is 1. The van der Waals surface area contributed by atoms with Gasteiger partial charge in [0, 0.05) is 5.56 Å². The molecule has 0 saturated carbocycles. The van der Waals surface area contributed by atoms with E-state index >= 15 is 0 Å². The summed E-state index contributed by atoms with van der Waals surface area (Å²) in [5, 5.41) is 0. The summed E-state index contributed by atoms with van der Waals surface area (Å²) in [6.07, 6.45) is -4.42. The maximum atomic E-state index is 12.8. The minimum atomic E-state index is -4.60. The largest absolute Gasteiger partial charge is 0.456 e. The summed E-state index contributed by atoms with van der Waals surface area (Å²) < 4.78 is 44.6. The van der Waals surface area contributed by atoms with Gasteiger partial charge in [-0.1, -0.05) is 12.1 Å². The lowest BCUT2D eigenvalue weighted by Crippen LogP contribution is -2.09. The number of carbonyl (C=O) groups excluding carboxylic acids is 1. The van der Waals surface area contributed by atoms with E-state index in [-0.39, 0.29) is 12.0 Å². The fourth-order valence-electron chi connectivity index (χ4n) is 1.60. The van der Waals surface area contributed by atoms with Crippen LogP contribution in [0, 0.1) is 3.57 Å². The molecule has 0 aliphatic rings. The van der Waals surface area contributed by atoms with Crippen LogP contribution in [0.25, 0.3) is 0 Å². The molecule has 0 heterocycles. The van der Waals surface area contributed by atoms with Crippen molar-refractivity contribution < 1.29 is 22.7 Å². The predicted octanol–water partition coefficient (Wildman–Crippen LogP) is 4.91. The second-order valence-corrected chi connectivity index (χ2v) is 5.06. The number of hydrogen-bond acceptors (Lipinski definition) is 2. The molecule has 0 spiro atoms. The predicted molar refractivity (Wildman–Crippen MR) is 76.1 cm³/mol. The molecule has 0 fully saturated rings. The topological polar surface area (TPSA) is 26.3 Å². The molecule has 2 rings (SSSR count). The number of rotatable bonds is 3. The summed E-state index contributed by atoms with van der Waals surface area (Å²) in [4.78, 5) is 10.7. The fraction of sp³-hybridized carbons (Fsp3) is 0.0714. The zero-order chi connectivity index (χ0) is 14.8. The number of benzene rings is 2. The van der Waals surface area contributed by atoms with Crippen LogP contribution in [0.15, 0.2) is 42.5 Å². The van der Waals surface area contributed by atoms with Gasteiger partial charge in [-0.25, -0.2) is 0 Å². The van der Waals surface area contributed by atoms with E-state index in [1.54, 1.807) is 24.3 Å². The van der Waals surface area contributed by atoms with Crippen molar-refractivity contribution in [3.63, 3.8) is 0 Å². The molecule has 0 aliphatic heterocycles. The highest BCUT2D eigenvalue weighted by Crippen LogP contribution is 2.35. The summed E-state index contributed by atoms with van der Waals surface area (Å²) in [5.41, 5.74) is -1.41. The average molecular weight is 392 g/mol. The van der Waals surface area contributed by atoms with Crippen molar-refractivity contribution in [1.82, 2.24) is 0 Å². The van der Waals surface area contributed by atoms with E-state index in [1.807, 2.05) is 22.6 Å². The Balaban J connectivity index is 2.40. The first-order chi connectivity index (χ1) is 9.41. The standard InChI is InChI=1S/C14H8F3IO2/c15-14(16,17)11-7-10(6-5-9(11)8-19)20-13-4-2-1-3-12(13)18/h1-8H. The van der Waals surface area contributed by atoms with Crippen molar-refractivity contribution in [3.8, 4) is 11.5 Å². The van der Waals surface area contributed by atoms with Gasteiger partial charge >= 0.3 is 6.18 Å². The number of hydrogen-bond donors (Lipinski definition) is 0. The molecular weight excluding hydrogens is 384 g/mol. The normalized spacial score (nSPS) is 11.2. The molecule has 20 heavy (non-hydrogen) atoms. The summed E-state index contributed by atoms with van der Waals surface area (Å²) in [5.74, 6) is 0.493. The Labute approximate surface area is 126 Å². The quantitative estimate of drug-likeness (QED) is 0.548. The second kappa shape index (κ2) is 5.82. The van der Waals surface area contributed by atoms with E-state index in [1.165, 1.54) is 6.07 Å². The van der Waals surface area contributed by atoms with Gasteiger partial charge in [-0.3, -0.25) is 4.79 Å². The van der Waals surface area contributed by atoms with Gasteiger partial charge in [0.05, 0.1) is 9.13 Å². The lowest BCUT2D eigenvalue weighted by atomic mass is 10.1. The van der Waals surface area contributed by atoms with Crippen molar-refractivity contribution in [2.45, 2.75) is 6.18 Å². The summed E-state index contributed by atoms with van der Waals surface area (Å²) in [6, 6.07) is 10.2. The van der Waals surface area contributed by atoms with Crippen molar-refractivity contribution in [2.75, 3.05) is 0 Å². The van der Waals surface area contributed by atoms with Crippen molar-refractivity contribution in [3.05, 3.63) is 57.2 Å². The molecule has 0 bridgehead atoms. The third-order valence-electron chi connectivity index (χ3n) is 2.52. The van der Waals surface area contributed by atoms with Crippen LogP contribution >= 0.6 is 22.6 Å². The second-order valence-electron chi connectivity index (χ2n) is 3.90. The zero-order valence-corrected chi connectivity index (χ0v) is 12.1. The fourth-order valence-corrected chi connectivity index (χ4v) is 2.10. The number of halogens is 4. The first kappa shape index (κ1) is 14.8. The van der Waals surface area contributed by atoms with Crippen LogP contribution in [0.5, 0.6) is 11.5 Å². The van der Waals surface area contributed by atoms with E-state index in [0.717, 1.165) is 15.7 Å². The van der Waals surface area contributed by atoms with Crippen LogP contribution in [0.3, 0.4) is 0 Å². The van der Waals surface area contributed by atoms with E-state index in [4.69, 9.17) is 4.74 Å². The molecular formula is C14H8F3IO2. The maximum absolute atomic E-state index is 12.8. The van der Waals surface area contributed by atoms with Gasteiger partial charge in [-0.2, -0.15) is 13.2 Å². The van der Waals surface area contributed by atoms with Crippen LogP contribution in [0.4, 0.5) is 13.2 Å². The Morgan fingerprint density at radius 2 is 1.80 bits per heavy atom. The number of aldehydes is 1. The zero-order valence-electron chi connectivity index (χ0n) is 9.95. The number of alkyl halides is 3. The Morgan fingerprint density at radius 1 is 1.10 bits per heavy atom. The molecule has 0 radical (unpaired) electrons. The Kier molecular flexibility index (Phi) is 4.32. The highest BCUT2D eigenvalue weighted by Gasteiger charge is 2.33. The molecule has 2 nitrogen and oxygen atoms in total. The van der Waals surface area contributed by atoms with Gasteiger partial charge in [0.15, 0.2) is 6.29 Å². The van der Waals surface area contributed by atoms with E-state index < -0.39 is 17.3 Å². The van der Waals surface area contributed by atoms with E-state index in [9.17, 15) is 18.0 Å². The molecule has 0 aliphatic carbocycles. The van der Waals surface area contributed by atoms with Gasteiger partial charge in [-0.15, -0.1) is 0 Å². The van der Waals surface area contributed by atoms with Gasteiger partial charge in [0.25, 0.3) is 0 Å². The third kappa shape index (κ3) is 3.30. The van der Waals surface area contributed by atoms with Gasteiger partial charge in [0.1, 0.15) is 11.5 Å². The molecule has 6 heteroatoms. The molecule has 2 aromatic rings. The van der Waals surface area contributed by atoms with Crippen molar-refractivity contribution >= 4 is 28.9 Å². The number of para-hydroxylation sites is 1. The number of ether oxygens (including phenoxy) is 1. The molecule has 104 valence electrons. The van der Waals surface area contributed by atoms with Gasteiger partial charge < -0.3 is 4.74 Å². The minimum Gasteiger partial charge on any atom is -0.456 e. The van der Waals surface area contributed by atoms with Crippen LogP contribution in [0.2, 0.25) is 0 Å². The van der Waals surface area contributed by atoms with Crippen molar-refractivity contribution in [1.29, 1.82) is 0 Å². The monoisotopic (exact) mass is 392 g/mol. The highest BCUT2D eigenvalue weighted by atomic mass is 127. The maximum Gasteiger partial charge on any atom is 0.417 e. The molecule has 2 aromatic carbocycles. The summed E-state index contributed by atoms with van der Waals surface area (Å²) >= 11 is 2.02. The molecule has 0 N–H and O–H groups in total. The summed E-state index contributed by atoms with van der Waals surface area (Å²) in [7, 11) is 0. The molecule has 0 atom stereocenters. The van der Waals surface area contributed by atoms with Crippen LogP contribution < -0.4 is 4.74 Å². The van der Waals surface area contributed by atoms with Crippen LogP contribution in [0.1, 0.15) is 15.9 Å². The van der Waals surface area contributed by atoms with Crippen LogP contribution in [-0.2, 0) is 6.18 Å². The molecule has 0 saturated heterocycles. The first-order valence-corrected chi connectivity index (χ1v) is 6.58. The first-order valence-electron chi connectivity index (χ1n) is 5.50. The van der Waals surface area contributed by atoms with E-state index in [2.05, 4.69) is 0 Å².